The van der Waals surface area contributed by atoms with E-state index in [0.717, 1.165) is 17.1 Å². The molecule has 0 saturated carbocycles. The molecule has 3 aromatic heterocycles. The minimum Gasteiger partial charge on any atom is -0.309 e. The van der Waals surface area contributed by atoms with Gasteiger partial charge in [-0.15, -0.1) is 0 Å². The van der Waals surface area contributed by atoms with Crippen LogP contribution in [-0.2, 0) is 0 Å². The van der Waals surface area contributed by atoms with Gasteiger partial charge in [0.2, 0.25) is 0 Å². The minimum absolute atomic E-state index is 1.13. The number of benzene rings is 12. The molecule has 0 radical (unpaired) electrons. The number of rotatable bonds is 7. The summed E-state index contributed by atoms with van der Waals surface area (Å²) in [5, 5.41) is 9.92. The first-order chi connectivity index (χ1) is 35.2. The van der Waals surface area contributed by atoms with Crippen LogP contribution in [0.5, 0.6) is 0 Å². The number of hydrogen-bond acceptors (Lipinski definition) is 0. The number of fused-ring (bicyclic) bond motifs is 6. The third-order valence-electron chi connectivity index (χ3n) is 14.9. The molecular weight excluding hydrogens is 859 g/mol. The molecule has 12 aromatic carbocycles. The van der Waals surface area contributed by atoms with Crippen molar-refractivity contribution >= 4 is 76.2 Å². The first kappa shape index (κ1) is 39.5. The Hall–Kier alpha value is -9.44. The van der Waals surface area contributed by atoms with E-state index in [1.807, 2.05) is 0 Å². The lowest BCUT2D eigenvalue weighted by atomic mass is 10.0. The average Bonchev–Trinajstić information content (AvgIpc) is 4.08. The summed E-state index contributed by atoms with van der Waals surface area (Å²) < 4.78 is 7.47. The van der Waals surface area contributed by atoms with Gasteiger partial charge in [-0.25, -0.2) is 0 Å². The highest BCUT2D eigenvalue weighted by Gasteiger charge is 2.23. The zero-order valence-electron chi connectivity index (χ0n) is 38.7. The van der Waals surface area contributed by atoms with Crippen molar-refractivity contribution in [3.05, 3.63) is 261 Å². The fourth-order valence-corrected chi connectivity index (χ4v) is 11.7. The maximum Gasteiger partial charge on any atom is 0.0568 e. The molecule has 15 rings (SSSR count). The lowest BCUT2D eigenvalue weighted by molar-refractivity contribution is 1.15. The summed E-state index contributed by atoms with van der Waals surface area (Å²) in [6.07, 6.45) is 0. The second-order valence-electron chi connectivity index (χ2n) is 18.9. The highest BCUT2D eigenvalue weighted by Crippen LogP contribution is 2.45. The Balaban J connectivity index is 0.989. The molecule has 0 saturated heterocycles. The number of nitrogens with zero attached hydrogens (tertiary/aromatic N) is 3. The number of hydrogen-bond donors (Lipinski definition) is 0. The molecule has 3 heterocycles. The molecule has 0 fully saturated rings. The molecule has 330 valence electrons. The number of para-hydroxylation sites is 1. The Morgan fingerprint density at radius 1 is 0.183 bits per heavy atom. The van der Waals surface area contributed by atoms with Crippen LogP contribution < -0.4 is 0 Å². The zero-order chi connectivity index (χ0) is 46.6. The van der Waals surface area contributed by atoms with Gasteiger partial charge in [-0.1, -0.05) is 176 Å². The van der Waals surface area contributed by atoms with Crippen LogP contribution in [0.4, 0.5) is 0 Å². The Labute approximate surface area is 410 Å². The third-order valence-corrected chi connectivity index (χ3v) is 14.9. The second-order valence-corrected chi connectivity index (χ2v) is 18.9. The first-order valence-corrected chi connectivity index (χ1v) is 24.5. The number of aromatic nitrogens is 3. The second kappa shape index (κ2) is 15.5. The van der Waals surface area contributed by atoms with Crippen molar-refractivity contribution in [2.75, 3.05) is 0 Å². The van der Waals surface area contributed by atoms with Crippen LogP contribution in [0.3, 0.4) is 0 Å². The highest BCUT2D eigenvalue weighted by atomic mass is 15.0. The van der Waals surface area contributed by atoms with E-state index in [1.54, 1.807) is 0 Å². The van der Waals surface area contributed by atoms with Crippen molar-refractivity contribution in [1.29, 1.82) is 0 Å². The molecule has 0 aliphatic carbocycles. The Kier molecular flexibility index (Phi) is 8.66. The van der Waals surface area contributed by atoms with Gasteiger partial charge in [-0.05, 0) is 140 Å². The Bertz CT molecular complexity index is 4060. The van der Waals surface area contributed by atoms with Gasteiger partial charge in [-0.3, -0.25) is 0 Å². The SMILES string of the molecule is c1ccc(-c2ccc3c(c2)c2cc(-c4ccccc4)ccc2n3-c2cc3ccc4cc(-n5c6ccc(-c7ccccc7)cc6c6cc(-c7ccccc7)ccc65)cc5c4c3c(c2)n5-c2ccccc2)cc1. The minimum atomic E-state index is 1.13. The van der Waals surface area contributed by atoms with E-state index < -0.39 is 0 Å². The van der Waals surface area contributed by atoms with Crippen LogP contribution in [0.25, 0.3) is 138 Å². The maximum absolute atomic E-state index is 2.50. The fourth-order valence-electron chi connectivity index (χ4n) is 11.7. The lowest BCUT2D eigenvalue weighted by Gasteiger charge is -2.13. The van der Waals surface area contributed by atoms with Crippen LogP contribution in [0, 0.1) is 0 Å². The lowest BCUT2D eigenvalue weighted by Crippen LogP contribution is -1.98. The van der Waals surface area contributed by atoms with E-state index in [0.29, 0.717) is 0 Å². The van der Waals surface area contributed by atoms with Crippen LogP contribution >= 0.6 is 0 Å². The summed E-state index contributed by atoms with van der Waals surface area (Å²) in [5.74, 6) is 0. The molecule has 0 aliphatic rings. The van der Waals surface area contributed by atoms with Gasteiger partial charge < -0.3 is 13.7 Å². The molecule has 0 unspecified atom stereocenters. The van der Waals surface area contributed by atoms with Gasteiger partial charge in [0.1, 0.15) is 0 Å². The molecule has 0 aliphatic heterocycles. The molecular formula is C68H43N3. The summed E-state index contributed by atoms with van der Waals surface area (Å²) in [4.78, 5) is 0. The quantitative estimate of drug-likeness (QED) is 0.142. The molecule has 0 amide bonds. The van der Waals surface area contributed by atoms with E-state index in [9.17, 15) is 0 Å². The van der Waals surface area contributed by atoms with E-state index in [4.69, 9.17) is 0 Å². The normalized spacial score (nSPS) is 11.9. The predicted molar refractivity (Wildman–Crippen MR) is 300 cm³/mol. The van der Waals surface area contributed by atoms with Crippen molar-refractivity contribution < 1.29 is 0 Å². The van der Waals surface area contributed by atoms with Crippen LogP contribution in [0.1, 0.15) is 0 Å². The third kappa shape index (κ3) is 6.16. The standard InChI is InChI=1S/C68H43N3/c1-6-16-44(17-7-1)48-28-32-61-57(38-48)58-39-49(45-18-8-2-9-19-45)29-33-62(58)70(61)55-36-52-26-27-53-37-56(43-66-68(53)67(52)65(42-55)69(66)54-24-14-5-15-25-54)71-63-34-30-50(46-20-10-3-11-21-46)40-59(63)60-41-51(31-35-64(60)71)47-22-12-4-13-23-47/h1-43H. The van der Waals surface area contributed by atoms with Crippen LogP contribution in [0.2, 0.25) is 0 Å². The molecule has 0 N–H and O–H groups in total. The van der Waals surface area contributed by atoms with Gasteiger partial charge in [0.05, 0.1) is 33.1 Å². The van der Waals surface area contributed by atoms with Crippen molar-refractivity contribution in [2.24, 2.45) is 0 Å². The van der Waals surface area contributed by atoms with Crippen LogP contribution in [0.15, 0.2) is 261 Å². The maximum atomic E-state index is 2.50. The van der Waals surface area contributed by atoms with Gasteiger partial charge in [0, 0.05) is 49.4 Å². The summed E-state index contributed by atoms with van der Waals surface area (Å²) in [6.45, 7) is 0. The van der Waals surface area contributed by atoms with Gasteiger partial charge in [-0.2, -0.15) is 0 Å². The summed E-state index contributed by atoms with van der Waals surface area (Å²) in [6, 6.07) is 96.1. The van der Waals surface area contributed by atoms with Gasteiger partial charge in [0.25, 0.3) is 0 Å². The van der Waals surface area contributed by atoms with Gasteiger partial charge in [0.15, 0.2) is 0 Å². The fraction of sp³-hybridized carbons (Fsp3) is 0. The Morgan fingerprint density at radius 3 is 0.775 bits per heavy atom. The molecule has 0 spiro atoms. The summed E-state index contributed by atoms with van der Waals surface area (Å²) >= 11 is 0. The van der Waals surface area contributed by atoms with E-state index in [-0.39, 0.29) is 0 Å². The molecule has 3 nitrogen and oxygen atoms in total. The van der Waals surface area contributed by atoms with E-state index in [1.165, 1.54) is 121 Å². The predicted octanol–water partition coefficient (Wildman–Crippen LogP) is 18.2. The largest absolute Gasteiger partial charge is 0.309 e. The summed E-state index contributed by atoms with van der Waals surface area (Å²) in [5.41, 5.74) is 20.1. The molecule has 0 bridgehead atoms. The van der Waals surface area contributed by atoms with Gasteiger partial charge >= 0.3 is 0 Å². The molecule has 3 heteroatoms. The smallest absolute Gasteiger partial charge is 0.0568 e. The first-order valence-electron chi connectivity index (χ1n) is 24.5. The highest BCUT2D eigenvalue weighted by molar-refractivity contribution is 6.26. The molecule has 71 heavy (non-hydrogen) atoms. The Morgan fingerprint density at radius 2 is 0.465 bits per heavy atom. The molecule has 15 aromatic rings. The topological polar surface area (TPSA) is 14.8 Å². The molecule has 0 atom stereocenters. The van der Waals surface area contributed by atoms with Crippen molar-refractivity contribution in [3.63, 3.8) is 0 Å². The monoisotopic (exact) mass is 901 g/mol. The van der Waals surface area contributed by atoms with Crippen LogP contribution in [-0.4, -0.2) is 13.7 Å². The van der Waals surface area contributed by atoms with Crippen molar-refractivity contribution in [3.8, 4) is 61.6 Å². The van der Waals surface area contributed by atoms with E-state index in [2.05, 4.69) is 275 Å². The zero-order valence-corrected chi connectivity index (χ0v) is 38.7. The van der Waals surface area contributed by atoms with E-state index >= 15 is 0 Å². The average molecular weight is 902 g/mol. The van der Waals surface area contributed by atoms with Crippen molar-refractivity contribution in [2.45, 2.75) is 0 Å². The van der Waals surface area contributed by atoms with Crippen molar-refractivity contribution in [1.82, 2.24) is 13.7 Å². The summed E-state index contributed by atoms with van der Waals surface area (Å²) in [7, 11) is 0.